The van der Waals surface area contributed by atoms with Gasteiger partial charge in [0.1, 0.15) is 11.5 Å². The van der Waals surface area contributed by atoms with Crippen LogP contribution in [0.3, 0.4) is 0 Å². The van der Waals surface area contributed by atoms with E-state index in [9.17, 15) is 18.6 Å². The van der Waals surface area contributed by atoms with Crippen LogP contribution in [-0.4, -0.2) is 48.9 Å². The zero-order chi connectivity index (χ0) is 33.0. The summed E-state index contributed by atoms with van der Waals surface area (Å²) < 4.78 is 20.8. The number of nitrogens with zero attached hydrogens (tertiary/aromatic N) is 2. The summed E-state index contributed by atoms with van der Waals surface area (Å²) in [7, 11) is -2.67. The molecule has 242 valence electrons. The Morgan fingerprint density at radius 3 is 2.41 bits per heavy atom. The monoisotopic (exact) mass is 640 g/mol. The van der Waals surface area contributed by atoms with Gasteiger partial charge in [0, 0.05) is 42.2 Å². The van der Waals surface area contributed by atoms with Crippen LogP contribution >= 0.6 is 0 Å². The fraction of sp³-hybridized carbons (Fsp3) is 0.447. The number of hydrogen-bond donors (Lipinski definition) is 0. The van der Waals surface area contributed by atoms with Gasteiger partial charge in [-0.1, -0.05) is 45.9 Å². The average Bonchev–Trinajstić information content (AvgIpc) is 3.64. The fourth-order valence-corrected chi connectivity index (χ4v) is 9.49. The molecule has 0 amide bonds. The number of carbonyl (C=O) groups excluding carboxylic acids is 3. The summed E-state index contributed by atoms with van der Waals surface area (Å²) in [6.07, 6.45) is 14.1. The van der Waals surface area contributed by atoms with Gasteiger partial charge >= 0.3 is 5.97 Å². The van der Waals surface area contributed by atoms with E-state index in [0.717, 1.165) is 44.1 Å². The van der Waals surface area contributed by atoms with Gasteiger partial charge in [-0.25, -0.2) is 9.48 Å². The Hall–Kier alpha value is -3.78. The maximum absolute atomic E-state index is 13.5. The number of esters is 1. The number of rotatable bonds is 6. The fourth-order valence-electron chi connectivity index (χ4n) is 8.08. The number of carbonyl (C=O) groups is 3. The quantitative estimate of drug-likeness (QED) is 0.127. The van der Waals surface area contributed by atoms with E-state index in [1.807, 2.05) is 32.9 Å². The van der Waals surface area contributed by atoms with Gasteiger partial charge in [-0.3, -0.25) is 13.8 Å². The van der Waals surface area contributed by atoms with Gasteiger partial charge in [0.25, 0.3) is 0 Å². The van der Waals surface area contributed by atoms with E-state index >= 15 is 0 Å². The Balaban J connectivity index is 1.22. The Kier molecular flexibility index (Phi) is 8.24. The first-order valence-corrected chi connectivity index (χ1v) is 18.6. The maximum Gasteiger partial charge on any atom is 0.343 e. The molecule has 0 bridgehead atoms. The lowest BCUT2D eigenvalue weighted by Crippen LogP contribution is -2.45. The molecule has 0 radical (unpaired) electrons. The van der Waals surface area contributed by atoms with Crippen LogP contribution in [0.15, 0.2) is 60.9 Å². The Morgan fingerprint density at radius 2 is 1.76 bits per heavy atom. The maximum atomic E-state index is 13.5. The molecule has 2 aromatic carbocycles. The summed E-state index contributed by atoms with van der Waals surface area (Å²) in [6.45, 7) is 7.65. The van der Waals surface area contributed by atoms with Crippen molar-refractivity contribution in [3.63, 3.8) is 0 Å². The van der Waals surface area contributed by atoms with Crippen LogP contribution in [0.5, 0.6) is 5.75 Å². The van der Waals surface area contributed by atoms with Crippen LogP contribution in [0.25, 0.3) is 11.8 Å². The van der Waals surface area contributed by atoms with Gasteiger partial charge in [0.15, 0.2) is 5.78 Å². The molecule has 1 aromatic heterocycles. The van der Waals surface area contributed by atoms with E-state index in [2.05, 4.69) is 18.1 Å². The average molecular weight is 641 g/mol. The van der Waals surface area contributed by atoms with Gasteiger partial charge < -0.3 is 4.74 Å². The topological polar surface area (TPSA) is 95.3 Å². The molecule has 3 aromatic rings. The molecule has 6 rings (SSSR count). The van der Waals surface area contributed by atoms with Gasteiger partial charge in [0.2, 0.25) is 0 Å². The third-order valence-corrected chi connectivity index (χ3v) is 11.9. The predicted molar refractivity (Wildman–Crippen MR) is 183 cm³/mol. The van der Waals surface area contributed by atoms with Gasteiger partial charge in [-0.05, 0) is 112 Å². The van der Waals surface area contributed by atoms with Crippen LogP contribution in [0.4, 0.5) is 0 Å². The van der Waals surface area contributed by atoms with Crippen molar-refractivity contribution in [2.75, 3.05) is 12.5 Å². The number of aromatic nitrogens is 2. The van der Waals surface area contributed by atoms with E-state index in [1.165, 1.54) is 11.1 Å². The first kappa shape index (κ1) is 32.2. The number of hydrogen-bond acceptors (Lipinski definition) is 6. The molecule has 2 fully saturated rings. The van der Waals surface area contributed by atoms with Crippen molar-refractivity contribution < 1.29 is 23.3 Å². The van der Waals surface area contributed by atoms with Crippen LogP contribution in [0, 0.1) is 22.7 Å². The minimum atomic E-state index is -2.67. The van der Waals surface area contributed by atoms with Crippen molar-refractivity contribution in [3.05, 3.63) is 83.2 Å². The SMILES string of the molecule is CC(C)(C)C(=O)C(/C(=C\c1ccc(C(=O)Oc2ccc3c(c2)CC[C@@H]2[C@@H]3CC[C@H]3CCC(=O)[C@@]32C)cc1)n1cccn1)=S(C)(C)=O. The summed E-state index contributed by atoms with van der Waals surface area (Å²) in [5, 5.41) is 4.34. The molecule has 0 unspecified atom stereocenters. The Morgan fingerprint density at radius 1 is 1.02 bits per heavy atom. The van der Waals surface area contributed by atoms with Crippen molar-refractivity contribution in [2.24, 2.45) is 22.7 Å². The molecule has 3 aliphatic carbocycles. The second-order valence-electron chi connectivity index (χ2n) is 14.8. The molecule has 0 N–H and O–H groups in total. The predicted octanol–water partition coefficient (Wildman–Crippen LogP) is 6.86. The van der Waals surface area contributed by atoms with E-state index in [-0.39, 0.29) is 16.1 Å². The van der Waals surface area contributed by atoms with Gasteiger partial charge in [-0.2, -0.15) is 5.10 Å². The first-order valence-electron chi connectivity index (χ1n) is 16.2. The lowest BCUT2D eigenvalue weighted by atomic mass is 9.53. The lowest BCUT2D eigenvalue weighted by molar-refractivity contribution is -0.132. The summed E-state index contributed by atoms with van der Waals surface area (Å²) >= 11 is 0. The molecule has 8 heteroatoms. The second kappa shape index (κ2) is 11.8. The molecule has 0 spiro atoms. The number of aryl methyl sites for hydroxylation is 1. The minimum Gasteiger partial charge on any atom is -0.423 e. The number of ether oxygens (including phenoxy) is 1. The zero-order valence-corrected chi connectivity index (χ0v) is 28.5. The van der Waals surface area contributed by atoms with Crippen molar-refractivity contribution in [1.82, 2.24) is 9.78 Å². The molecule has 1 heterocycles. The molecule has 46 heavy (non-hydrogen) atoms. The number of benzene rings is 2. The molecule has 0 saturated heterocycles. The number of fused-ring (bicyclic) bond motifs is 5. The van der Waals surface area contributed by atoms with E-state index < -0.39 is 20.9 Å². The zero-order valence-electron chi connectivity index (χ0n) is 27.7. The third-order valence-electron chi connectivity index (χ3n) is 10.5. The number of Topliss-reactive ketones (excluding diaryl/α,β-unsaturated/α-hetero) is 2. The highest BCUT2D eigenvalue weighted by Crippen LogP contribution is 2.60. The molecular weight excluding hydrogens is 596 g/mol. The van der Waals surface area contributed by atoms with Gasteiger partial charge in [0.05, 0.1) is 16.1 Å². The van der Waals surface area contributed by atoms with Crippen molar-refractivity contribution >= 4 is 43.7 Å². The minimum absolute atomic E-state index is 0.194. The summed E-state index contributed by atoms with van der Waals surface area (Å²) in [5.41, 5.74) is 3.14. The number of ketones is 2. The highest BCUT2D eigenvalue weighted by Gasteiger charge is 2.56. The summed E-state index contributed by atoms with van der Waals surface area (Å²) in [5.74, 6) is 1.60. The van der Waals surface area contributed by atoms with Crippen molar-refractivity contribution in [2.45, 2.75) is 72.1 Å². The highest BCUT2D eigenvalue weighted by atomic mass is 32.2. The normalized spacial score (nSPS) is 24.5. The van der Waals surface area contributed by atoms with Crippen LogP contribution in [0.2, 0.25) is 0 Å². The summed E-state index contributed by atoms with van der Waals surface area (Å²) in [4.78, 5) is 39.9. The van der Waals surface area contributed by atoms with E-state index in [4.69, 9.17) is 4.74 Å². The molecule has 4 atom stereocenters. The number of allylic oxidation sites excluding steroid dienone is 1. The Labute approximate surface area is 272 Å². The van der Waals surface area contributed by atoms with Crippen LogP contribution in [0.1, 0.15) is 92.8 Å². The first-order chi connectivity index (χ1) is 21.7. The highest BCUT2D eigenvalue weighted by molar-refractivity contribution is 8.03. The van der Waals surface area contributed by atoms with E-state index in [1.54, 1.807) is 66.0 Å². The largest absolute Gasteiger partial charge is 0.423 e. The molecule has 3 aliphatic rings. The van der Waals surface area contributed by atoms with Crippen LogP contribution in [-0.2, 0) is 25.5 Å². The second-order valence-corrected chi connectivity index (χ2v) is 17.6. The van der Waals surface area contributed by atoms with Crippen molar-refractivity contribution in [1.29, 1.82) is 0 Å². The van der Waals surface area contributed by atoms with E-state index in [0.29, 0.717) is 40.5 Å². The molecule has 0 aliphatic heterocycles. The smallest absolute Gasteiger partial charge is 0.343 e. The molecule has 2 saturated carbocycles. The van der Waals surface area contributed by atoms with Crippen molar-refractivity contribution in [3.8, 4) is 5.75 Å². The Bertz CT molecular complexity index is 1850. The summed E-state index contributed by atoms with van der Waals surface area (Å²) in [6, 6.07) is 14.7. The third kappa shape index (κ3) is 5.81. The van der Waals surface area contributed by atoms with Crippen LogP contribution < -0.4 is 4.74 Å². The molecular formula is C38H44N2O5S. The molecule has 7 nitrogen and oxygen atoms in total. The van der Waals surface area contributed by atoms with Gasteiger partial charge in [-0.15, -0.1) is 0 Å². The standard InChI is InChI=1S/C38H44N2O5S/c1-37(2,3)35(42)34(46(5,6)44)32(40-21-7-20-39-40)22-24-8-10-25(11-9-24)36(43)45-28-15-17-29-26(23-28)12-18-31-30(29)16-13-27-14-19-33(41)38(27,31)4/h7-11,15,17,20-23,27,30-31H,12-14,16,18-19H2,1-6H3/b32-22+/t27-,30+,31+,38-/m0/s1. The lowest BCUT2D eigenvalue weighted by Gasteiger charge is -2.49.